The molecule has 3 aromatic rings. The van der Waals surface area contributed by atoms with E-state index in [1.54, 1.807) is 37.8 Å². The molecular formula is C32H39FN2O4Si. The number of ether oxygens (including phenoxy) is 1. The minimum Gasteiger partial charge on any atom is -0.534 e. The van der Waals surface area contributed by atoms with E-state index in [0.29, 0.717) is 17.9 Å². The first-order chi connectivity index (χ1) is 18.8. The third-order valence-corrected chi connectivity index (χ3v) is 12.0. The van der Waals surface area contributed by atoms with Crippen LogP contribution in [-0.4, -0.2) is 55.4 Å². The van der Waals surface area contributed by atoms with Crippen molar-refractivity contribution >= 4 is 30.7 Å². The van der Waals surface area contributed by atoms with Gasteiger partial charge in [-0.1, -0.05) is 81.4 Å². The minimum absolute atomic E-state index is 0.0881. The van der Waals surface area contributed by atoms with E-state index in [4.69, 9.17) is 9.16 Å². The standard InChI is InChI=1S/C32H39FN2O4Si/c1-31(2,3)38-30(37)35-20-19-34(29(36)23-35)22-24-21-25(17-18-28(24)33)39-40(32(4,5)6,26-13-9-7-10-14-26)27-15-11-8-12-16-27/h7-18,21H,19-20,22-23H2,1-6H3. The van der Waals surface area contributed by atoms with Crippen LogP contribution in [0.5, 0.6) is 5.75 Å². The van der Waals surface area contributed by atoms with Gasteiger partial charge in [0.05, 0.1) is 0 Å². The van der Waals surface area contributed by atoms with E-state index in [-0.39, 0.29) is 30.6 Å². The minimum atomic E-state index is -2.90. The van der Waals surface area contributed by atoms with Gasteiger partial charge in [0.2, 0.25) is 5.91 Å². The summed E-state index contributed by atoms with van der Waals surface area (Å²) in [6, 6.07) is 25.3. The van der Waals surface area contributed by atoms with Crippen LogP contribution in [0.2, 0.25) is 5.04 Å². The summed E-state index contributed by atoms with van der Waals surface area (Å²) in [5.41, 5.74) is -0.277. The highest BCUT2D eigenvalue weighted by atomic mass is 28.4. The van der Waals surface area contributed by atoms with Gasteiger partial charge in [0.1, 0.15) is 23.7 Å². The Labute approximate surface area is 237 Å². The lowest BCUT2D eigenvalue weighted by Crippen LogP contribution is -2.68. The second kappa shape index (κ2) is 11.5. The van der Waals surface area contributed by atoms with Gasteiger partial charge in [0, 0.05) is 25.2 Å². The van der Waals surface area contributed by atoms with Crippen LogP contribution in [-0.2, 0) is 16.1 Å². The summed E-state index contributed by atoms with van der Waals surface area (Å²) in [4.78, 5) is 28.3. The largest absolute Gasteiger partial charge is 0.534 e. The highest BCUT2D eigenvalue weighted by molar-refractivity contribution is 7.00. The average Bonchev–Trinajstić information content (AvgIpc) is 2.89. The van der Waals surface area contributed by atoms with Gasteiger partial charge in [0.25, 0.3) is 0 Å². The molecule has 0 unspecified atom stereocenters. The molecule has 0 aromatic heterocycles. The van der Waals surface area contributed by atoms with Gasteiger partial charge < -0.3 is 14.1 Å². The summed E-state index contributed by atoms with van der Waals surface area (Å²) in [5, 5.41) is 1.99. The topological polar surface area (TPSA) is 59.1 Å². The summed E-state index contributed by atoms with van der Waals surface area (Å²) in [7, 11) is -2.90. The van der Waals surface area contributed by atoms with Crippen molar-refractivity contribution in [3.8, 4) is 5.75 Å². The van der Waals surface area contributed by atoms with Crippen LogP contribution in [0.4, 0.5) is 9.18 Å². The van der Waals surface area contributed by atoms with E-state index in [2.05, 4.69) is 45.0 Å². The number of piperazine rings is 1. The molecule has 0 N–H and O–H groups in total. The van der Waals surface area contributed by atoms with E-state index in [9.17, 15) is 9.59 Å². The molecule has 0 spiro atoms. The fourth-order valence-electron chi connectivity index (χ4n) is 5.13. The zero-order valence-corrected chi connectivity index (χ0v) is 25.2. The van der Waals surface area contributed by atoms with E-state index in [1.165, 1.54) is 11.0 Å². The lowest BCUT2D eigenvalue weighted by atomic mass is 10.1. The number of rotatable bonds is 6. The van der Waals surface area contributed by atoms with Crippen molar-refractivity contribution in [2.75, 3.05) is 19.6 Å². The van der Waals surface area contributed by atoms with Crippen LogP contribution in [0.3, 0.4) is 0 Å². The van der Waals surface area contributed by atoms with Gasteiger partial charge in [0.15, 0.2) is 0 Å². The third kappa shape index (κ3) is 6.38. The number of carbonyl (C=O) groups excluding carboxylic acids is 2. The molecule has 1 saturated heterocycles. The number of nitrogens with zero attached hydrogens (tertiary/aromatic N) is 2. The Morgan fingerprint density at radius 2 is 1.45 bits per heavy atom. The van der Waals surface area contributed by atoms with Crippen molar-refractivity contribution in [1.82, 2.24) is 9.80 Å². The molecule has 40 heavy (non-hydrogen) atoms. The van der Waals surface area contributed by atoms with Crippen LogP contribution in [0.25, 0.3) is 0 Å². The maximum absolute atomic E-state index is 15.1. The SMILES string of the molecule is CC(C)(C)OC(=O)N1CCN(Cc2cc(O[Si](c3ccccc3)(c3ccccc3)C(C)(C)C)ccc2F)C(=O)C1. The lowest BCUT2D eigenvalue weighted by molar-refractivity contribution is -0.136. The van der Waals surface area contributed by atoms with Gasteiger partial charge in [-0.25, -0.2) is 9.18 Å². The highest BCUT2D eigenvalue weighted by Crippen LogP contribution is 2.38. The normalized spacial score (nSPS) is 14.7. The predicted molar refractivity (Wildman–Crippen MR) is 158 cm³/mol. The quantitative estimate of drug-likeness (QED) is 0.381. The molecule has 0 atom stereocenters. The summed E-state index contributed by atoms with van der Waals surface area (Å²) in [5.74, 6) is -0.0995. The van der Waals surface area contributed by atoms with Gasteiger partial charge in [-0.2, -0.15) is 0 Å². The van der Waals surface area contributed by atoms with Crippen molar-refractivity contribution in [2.24, 2.45) is 0 Å². The number of hydrogen-bond acceptors (Lipinski definition) is 4. The molecule has 1 fully saturated rings. The van der Waals surface area contributed by atoms with Gasteiger partial charge in [-0.3, -0.25) is 9.69 Å². The fraction of sp³-hybridized carbons (Fsp3) is 0.375. The van der Waals surface area contributed by atoms with Crippen LogP contribution in [0.1, 0.15) is 47.1 Å². The van der Waals surface area contributed by atoms with E-state index in [0.717, 1.165) is 10.4 Å². The zero-order valence-electron chi connectivity index (χ0n) is 24.2. The van der Waals surface area contributed by atoms with Crippen molar-refractivity contribution in [2.45, 2.75) is 58.7 Å². The van der Waals surface area contributed by atoms with Crippen LogP contribution in [0, 0.1) is 5.82 Å². The number of amides is 2. The summed E-state index contributed by atoms with van der Waals surface area (Å²) < 4.78 is 27.5. The van der Waals surface area contributed by atoms with E-state index >= 15 is 4.39 Å². The van der Waals surface area contributed by atoms with Gasteiger partial charge in [-0.05, 0) is 54.4 Å². The second-order valence-electron chi connectivity index (χ2n) is 12.2. The average molecular weight is 563 g/mol. The Hall–Kier alpha value is -3.65. The first kappa shape index (κ1) is 29.3. The first-order valence-corrected chi connectivity index (χ1v) is 15.6. The number of carbonyl (C=O) groups is 2. The molecule has 0 saturated carbocycles. The van der Waals surface area contributed by atoms with E-state index in [1.807, 2.05) is 36.4 Å². The van der Waals surface area contributed by atoms with Crippen LogP contribution >= 0.6 is 0 Å². The molecular weight excluding hydrogens is 523 g/mol. The van der Waals surface area contributed by atoms with Crippen molar-refractivity contribution in [1.29, 1.82) is 0 Å². The molecule has 0 aliphatic carbocycles. The fourth-order valence-corrected chi connectivity index (χ4v) is 9.54. The Kier molecular flexibility index (Phi) is 8.40. The maximum Gasteiger partial charge on any atom is 0.410 e. The summed E-state index contributed by atoms with van der Waals surface area (Å²) in [6.45, 7) is 12.5. The van der Waals surface area contributed by atoms with Gasteiger partial charge in [-0.15, -0.1) is 0 Å². The molecule has 1 aliphatic heterocycles. The molecule has 0 bridgehead atoms. The molecule has 8 heteroatoms. The summed E-state index contributed by atoms with van der Waals surface area (Å²) in [6.07, 6.45) is -0.521. The first-order valence-electron chi connectivity index (χ1n) is 13.6. The smallest absolute Gasteiger partial charge is 0.410 e. The number of hydrogen-bond donors (Lipinski definition) is 0. The van der Waals surface area contributed by atoms with Crippen molar-refractivity contribution < 1.29 is 23.1 Å². The Morgan fingerprint density at radius 3 is 1.95 bits per heavy atom. The lowest BCUT2D eigenvalue weighted by Gasteiger charge is -2.43. The molecule has 6 nitrogen and oxygen atoms in total. The highest BCUT2D eigenvalue weighted by Gasteiger charge is 2.52. The molecule has 1 aliphatic rings. The van der Waals surface area contributed by atoms with Crippen LogP contribution in [0.15, 0.2) is 78.9 Å². The molecule has 1 heterocycles. The summed E-state index contributed by atoms with van der Waals surface area (Å²) >= 11 is 0. The van der Waals surface area contributed by atoms with Crippen molar-refractivity contribution in [3.05, 3.63) is 90.2 Å². The Balaban J connectivity index is 1.62. The van der Waals surface area contributed by atoms with Gasteiger partial charge >= 0.3 is 14.4 Å². The third-order valence-electron chi connectivity index (χ3n) is 7.04. The number of halogens is 1. The monoisotopic (exact) mass is 562 g/mol. The molecule has 2 amide bonds. The van der Waals surface area contributed by atoms with E-state index < -0.39 is 25.8 Å². The number of benzene rings is 3. The van der Waals surface area contributed by atoms with Crippen LogP contribution < -0.4 is 14.8 Å². The Morgan fingerprint density at radius 1 is 0.875 bits per heavy atom. The molecule has 0 radical (unpaired) electrons. The zero-order chi connectivity index (χ0) is 29.1. The Bertz CT molecular complexity index is 1300. The molecule has 212 valence electrons. The molecule has 4 rings (SSSR count). The van der Waals surface area contributed by atoms with Crippen molar-refractivity contribution in [3.63, 3.8) is 0 Å². The predicted octanol–water partition coefficient (Wildman–Crippen LogP) is 5.34. The maximum atomic E-state index is 15.1. The second-order valence-corrected chi connectivity index (χ2v) is 16.5. The molecule has 3 aromatic carbocycles.